The number of hydrogen-bond donors (Lipinski definition) is 2. The van der Waals surface area contributed by atoms with Gasteiger partial charge in [0.2, 0.25) is 0 Å². The van der Waals surface area contributed by atoms with Gasteiger partial charge in [-0.1, -0.05) is 35.9 Å². The molecule has 0 aromatic heterocycles. The molecule has 0 saturated carbocycles. The van der Waals surface area contributed by atoms with Crippen LogP contribution in [0.1, 0.15) is 12.5 Å². The second kappa shape index (κ2) is 9.29. The van der Waals surface area contributed by atoms with Gasteiger partial charge in [-0.3, -0.25) is 19.9 Å². The van der Waals surface area contributed by atoms with E-state index in [9.17, 15) is 14.4 Å². The summed E-state index contributed by atoms with van der Waals surface area (Å²) < 4.78 is 5.22. The standard InChI is InChI=1S/C23H26ClN5O4/c1-23(16-6-5-7-17(14-16)33-2)21(31)29(22(32)25-23)26-20(30)15-27-10-12-28(13-11-27)19-9-4-3-8-18(19)24/h3-9,14H,10-13,15H2,1-2H3,(H,25,32)(H,26,30). The van der Waals surface area contributed by atoms with E-state index in [4.69, 9.17) is 16.3 Å². The molecule has 2 aliphatic rings. The summed E-state index contributed by atoms with van der Waals surface area (Å²) in [6.07, 6.45) is 0. The maximum Gasteiger partial charge on any atom is 0.344 e. The van der Waals surface area contributed by atoms with Crippen LogP contribution >= 0.6 is 11.6 Å². The lowest BCUT2D eigenvalue weighted by Gasteiger charge is -2.36. The maximum absolute atomic E-state index is 13.1. The minimum Gasteiger partial charge on any atom is -0.497 e. The van der Waals surface area contributed by atoms with E-state index in [1.165, 1.54) is 7.11 Å². The van der Waals surface area contributed by atoms with Crippen LogP contribution in [0, 0.1) is 0 Å². The number of hydrogen-bond acceptors (Lipinski definition) is 6. The van der Waals surface area contributed by atoms with Crippen molar-refractivity contribution in [3.8, 4) is 5.75 Å². The molecule has 0 radical (unpaired) electrons. The van der Waals surface area contributed by atoms with Gasteiger partial charge in [-0.2, -0.15) is 5.01 Å². The van der Waals surface area contributed by atoms with Crippen molar-refractivity contribution < 1.29 is 19.1 Å². The molecular weight excluding hydrogens is 446 g/mol. The molecule has 2 saturated heterocycles. The number of urea groups is 1. The van der Waals surface area contributed by atoms with Gasteiger partial charge in [-0.15, -0.1) is 0 Å². The van der Waals surface area contributed by atoms with Crippen LogP contribution in [0.5, 0.6) is 5.75 Å². The van der Waals surface area contributed by atoms with Gasteiger partial charge >= 0.3 is 6.03 Å². The minimum atomic E-state index is -1.31. The van der Waals surface area contributed by atoms with Gasteiger partial charge in [0.15, 0.2) is 0 Å². The monoisotopic (exact) mass is 471 g/mol. The van der Waals surface area contributed by atoms with Crippen LogP contribution in [0.3, 0.4) is 0 Å². The zero-order valence-corrected chi connectivity index (χ0v) is 19.3. The summed E-state index contributed by atoms with van der Waals surface area (Å²) >= 11 is 6.28. The van der Waals surface area contributed by atoms with Crippen molar-refractivity contribution in [2.75, 3.05) is 44.7 Å². The van der Waals surface area contributed by atoms with Crippen LogP contribution in [0.4, 0.5) is 10.5 Å². The van der Waals surface area contributed by atoms with Gasteiger partial charge in [0.1, 0.15) is 11.3 Å². The number of halogens is 1. The fourth-order valence-electron chi connectivity index (χ4n) is 4.09. The molecule has 2 heterocycles. The number of amides is 4. The van der Waals surface area contributed by atoms with E-state index in [0.29, 0.717) is 42.5 Å². The van der Waals surface area contributed by atoms with Gasteiger partial charge in [0, 0.05) is 26.2 Å². The Balaban J connectivity index is 1.35. The molecule has 2 fully saturated rings. The highest BCUT2D eigenvalue weighted by Crippen LogP contribution is 2.30. The van der Waals surface area contributed by atoms with Crippen molar-refractivity contribution >= 4 is 35.1 Å². The average molecular weight is 472 g/mol. The second-order valence-electron chi connectivity index (χ2n) is 8.18. The molecule has 2 aromatic carbocycles. The first-order valence-electron chi connectivity index (χ1n) is 10.6. The second-order valence-corrected chi connectivity index (χ2v) is 8.58. The van der Waals surface area contributed by atoms with Crippen molar-refractivity contribution in [1.82, 2.24) is 20.7 Å². The number of carbonyl (C=O) groups excluding carboxylic acids is 3. The number of benzene rings is 2. The van der Waals surface area contributed by atoms with Gasteiger partial charge in [0.25, 0.3) is 11.8 Å². The van der Waals surface area contributed by atoms with Crippen LogP contribution in [0.2, 0.25) is 5.02 Å². The molecular formula is C23H26ClN5O4. The predicted octanol–water partition coefficient (Wildman–Crippen LogP) is 1.97. The molecule has 4 amide bonds. The highest BCUT2D eigenvalue weighted by Gasteiger charge is 2.50. The average Bonchev–Trinajstić information content (AvgIpc) is 3.04. The highest BCUT2D eigenvalue weighted by molar-refractivity contribution is 6.33. The number of para-hydroxylation sites is 1. The lowest BCUT2D eigenvalue weighted by molar-refractivity contribution is -0.139. The van der Waals surface area contributed by atoms with Crippen molar-refractivity contribution in [1.29, 1.82) is 0 Å². The number of carbonyl (C=O) groups is 3. The summed E-state index contributed by atoms with van der Waals surface area (Å²) in [5, 5.41) is 4.12. The molecule has 2 N–H and O–H groups in total. The number of nitrogens with one attached hydrogen (secondary N) is 2. The zero-order chi connectivity index (χ0) is 23.6. The Hall–Kier alpha value is -3.30. The Morgan fingerprint density at radius 3 is 2.55 bits per heavy atom. The smallest absolute Gasteiger partial charge is 0.344 e. The van der Waals surface area contributed by atoms with Crippen molar-refractivity contribution in [2.24, 2.45) is 0 Å². The van der Waals surface area contributed by atoms with E-state index < -0.39 is 23.4 Å². The number of imide groups is 1. The molecule has 0 spiro atoms. The van der Waals surface area contributed by atoms with E-state index in [1.807, 2.05) is 29.2 Å². The minimum absolute atomic E-state index is 0.0727. The highest BCUT2D eigenvalue weighted by atomic mass is 35.5. The summed E-state index contributed by atoms with van der Waals surface area (Å²) in [7, 11) is 1.53. The normalized spacial score (nSPS) is 21.2. The number of rotatable bonds is 6. The number of ether oxygens (including phenoxy) is 1. The third kappa shape index (κ3) is 4.60. The van der Waals surface area contributed by atoms with E-state index >= 15 is 0 Å². The molecule has 9 nitrogen and oxygen atoms in total. The summed E-state index contributed by atoms with van der Waals surface area (Å²) in [6, 6.07) is 13.9. The first-order valence-corrected chi connectivity index (χ1v) is 11.0. The maximum atomic E-state index is 13.1. The number of methoxy groups -OCH3 is 1. The van der Waals surface area contributed by atoms with E-state index in [2.05, 4.69) is 15.6 Å². The zero-order valence-electron chi connectivity index (χ0n) is 18.5. The summed E-state index contributed by atoms with van der Waals surface area (Å²) in [4.78, 5) is 42.3. The molecule has 0 bridgehead atoms. The van der Waals surface area contributed by atoms with Gasteiger partial charge in [-0.25, -0.2) is 4.79 Å². The summed E-state index contributed by atoms with van der Waals surface area (Å²) in [5.41, 5.74) is 2.68. The summed E-state index contributed by atoms with van der Waals surface area (Å²) in [5.74, 6) is -0.425. The molecule has 0 aliphatic carbocycles. The van der Waals surface area contributed by atoms with Crippen molar-refractivity contribution in [3.63, 3.8) is 0 Å². The number of anilines is 1. The van der Waals surface area contributed by atoms with Gasteiger partial charge in [0.05, 0.1) is 24.4 Å². The Morgan fingerprint density at radius 2 is 1.85 bits per heavy atom. The molecule has 1 unspecified atom stereocenters. The van der Waals surface area contributed by atoms with E-state index in [0.717, 1.165) is 10.7 Å². The molecule has 4 rings (SSSR count). The third-order valence-electron chi connectivity index (χ3n) is 6.01. The summed E-state index contributed by atoms with van der Waals surface area (Å²) in [6.45, 7) is 4.41. The van der Waals surface area contributed by atoms with E-state index in [-0.39, 0.29) is 6.54 Å². The fourth-order valence-corrected chi connectivity index (χ4v) is 4.34. The van der Waals surface area contributed by atoms with Crippen molar-refractivity contribution in [2.45, 2.75) is 12.5 Å². The Bertz CT molecular complexity index is 1070. The Morgan fingerprint density at radius 1 is 1.12 bits per heavy atom. The lowest BCUT2D eigenvalue weighted by atomic mass is 9.92. The Labute approximate surface area is 197 Å². The lowest BCUT2D eigenvalue weighted by Crippen LogP contribution is -2.53. The topological polar surface area (TPSA) is 94.2 Å². The molecule has 2 aliphatic heterocycles. The van der Waals surface area contributed by atoms with E-state index in [1.54, 1.807) is 31.2 Å². The fraction of sp³-hybridized carbons (Fsp3) is 0.348. The number of piperazine rings is 1. The quantitative estimate of drug-likeness (QED) is 0.626. The number of nitrogens with zero attached hydrogens (tertiary/aromatic N) is 3. The van der Waals surface area contributed by atoms with Crippen molar-refractivity contribution in [3.05, 3.63) is 59.1 Å². The van der Waals surface area contributed by atoms with Crippen LogP contribution in [0.15, 0.2) is 48.5 Å². The predicted molar refractivity (Wildman–Crippen MR) is 124 cm³/mol. The molecule has 174 valence electrons. The molecule has 10 heteroatoms. The van der Waals surface area contributed by atoms with Crippen LogP contribution in [-0.2, 0) is 15.1 Å². The number of hydrazine groups is 1. The SMILES string of the molecule is COc1cccc(C2(C)NC(=O)N(NC(=O)CN3CCN(c4ccccc4Cl)CC3)C2=O)c1. The third-order valence-corrected chi connectivity index (χ3v) is 6.33. The molecule has 2 aromatic rings. The van der Waals surface area contributed by atoms with Crippen LogP contribution in [0.25, 0.3) is 0 Å². The molecule has 33 heavy (non-hydrogen) atoms. The molecule has 1 atom stereocenters. The Kier molecular flexibility index (Phi) is 6.44. The van der Waals surface area contributed by atoms with Crippen LogP contribution < -0.4 is 20.4 Å². The van der Waals surface area contributed by atoms with Crippen LogP contribution in [-0.4, -0.2) is 67.6 Å². The first-order chi connectivity index (χ1) is 15.8. The first kappa shape index (κ1) is 22.9. The van der Waals surface area contributed by atoms with Gasteiger partial charge in [-0.05, 0) is 36.8 Å². The largest absolute Gasteiger partial charge is 0.497 e. The van der Waals surface area contributed by atoms with Gasteiger partial charge < -0.3 is 15.0 Å².